The summed E-state index contributed by atoms with van der Waals surface area (Å²) >= 11 is 0. The van der Waals surface area contributed by atoms with Gasteiger partial charge in [-0.25, -0.2) is 0 Å². The molecule has 1 spiro atoms. The molecule has 0 aromatic heterocycles. The van der Waals surface area contributed by atoms with E-state index in [1.54, 1.807) is 0 Å². The second-order valence-electron chi connectivity index (χ2n) is 10.9. The maximum atomic E-state index is 5.61. The molecule has 5 rings (SSSR count). The molecule has 0 N–H and O–H groups in total. The first kappa shape index (κ1) is 27.0. The fourth-order valence-corrected chi connectivity index (χ4v) is 5.80. The van der Waals surface area contributed by atoms with Crippen LogP contribution in [0.15, 0.2) is 0 Å². The number of hydrogen-bond acceptors (Lipinski definition) is 2. The molecule has 0 aromatic rings. The van der Waals surface area contributed by atoms with Gasteiger partial charge in [0.05, 0.1) is 6.61 Å². The van der Waals surface area contributed by atoms with Crippen LogP contribution in [0, 0.1) is 28.6 Å². The zero-order chi connectivity index (χ0) is 21.9. The van der Waals surface area contributed by atoms with E-state index in [2.05, 4.69) is 60.3 Å². The minimum absolute atomic E-state index is 0.617. The molecule has 2 heteroatoms. The molecule has 1 aliphatic carbocycles. The number of rotatable bonds is 2. The summed E-state index contributed by atoms with van der Waals surface area (Å²) in [7, 11) is 0. The van der Waals surface area contributed by atoms with E-state index < -0.39 is 0 Å². The van der Waals surface area contributed by atoms with Crippen molar-refractivity contribution in [3.05, 3.63) is 0 Å². The third-order valence-corrected chi connectivity index (χ3v) is 7.91. The summed E-state index contributed by atoms with van der Waals surface area (Å²) in [4.78, 5) is 2.62. The molecule has 5 fully saturated rings. The molecular weight excluding hydrogens is 354 g/mol. The van der Waals surface area contributed by atoms with Crippen molar-refractivity contribution in [2.45, 2.75) is 113 Å². The average Bonchev–Trinajstić information content (AvgIpc) is 2.70. The smallest absolute Gasteiger partial charge is 0.0525 e. The van der Waals surface area contributed by atoms with Gasteiger partial charge in [0.15, 0.2) is 0 Å². The second kappa shape index (κ2) is 13.4. The predicted octanol–water partition coefficient (Wildman–Crippen LogP) is 7.81. The van der Waals surface area contributed by atoms with Crippen molar-refractivity contribution in [2.75, 3.05) is 32.8 Å². The monoisotopic (exact) mass is 409 g/mol. The highest BCUT2D eigenvalue weighted by molar-refractivity contribution is 4.96. The molecule has 0 radical (unpaired) electrons. The molecule has 2 bridgehead atoms. The van der Waals surface area contributed by atoms with Gasteiger partial charge in [-0.1, -0.05) is 74.7 Å². The summed E-state index contributed by atoms with van der Waals surface area (Å²) in [6.45, 7) is 24.2. The lowest BCUT2D eigenvalue weighted by Gasteiger charge is -2.52. The SMILES string of the molecule is CC(C)C12CCN(CC1)CC2.CC(C)C1CCOCC12CCC2.CCC.CCC. The summed E-state index contributed by atoms with van der Waals surface area (Å²) in [6.07, 6.45) is 12.5. The van der Waals surface area contributed by atoms with Crippen LogP contribution in [0.3, 0.4) is 0 Å². The molecular formula is C27H55NO. The highest BCUT2D eigenvalue weighted by Gasteiger charge is 2.46. The minimum atomic E-state index is 0.617. The van der Waals surface area contributed by atoms with Crippen LogP contribution in [0.5, 0.6) is 0 Å². The van der Waals surface area contributed by atoms with Gasteiger partial charge in [0.1, 0.15) is 0 Å². The summed E-state index contributed by atoms with van der Waals surface area (Å²) in [5.74, 6) is 2.71. The zero-order valence-electron chi connectivity index (χ0n) is 21.5. The predicted molar refractivity (Wildman–Crippen MR) is 130 cm³/mol. The van der Waals surface area contributed by atoms with Gasteiger partial charge in [-0.15, -0.1) is 0 Å². The van der Waals surface area contributed by atoms with Gasteiger partial charge in [-0.3, -0.25) is 0 Å². The lowest BCUT2D eigenvalue weighted by atomic mass is 9.57. The fraction of sp³-hybridized carbons (Fsp3) is 1.00. The molecule has 1 atom stereocenters. The van der Waals surface area contributed by atoms with Gasteiger partial charge in [0.25, 0.3) is 0 Å². The topological polar surface area (TPSA) is 12.5 Å². The molecule has 4 aliphatic heterocycles. The number of piperidine rings is 3. The molecule has 2 nitrogen and oxygen atoms in total. The first-order chi connectivity index (χ1) is 13.8. The molecule has 1 saturated carbocycles. The Balaban J connectivity index is 0.000000230. The van der Waals surface area contributed by atoms with Crippen LogP contribution in [-0.2, 0) is 4.74 Å². The molecule has 29 heavy (non-hydrogen) atoms. The summed E-state index contributed by atoms with van der Waals surface area (Å²) in [5.41, 5.74) is 1.36. The van der Waals surface area contributed by atoms with Gasteiger partial charge >= 0.3 is 0 Å². The molecule has 0 amide bonds. The van der Waals surface area contributed by atoms with E-state index in [1.807, 2.05) is 0 Å². The molecule has 4 heterocycles. The van der Waals surface area contributed by atoms with Crippen molar-refractivity contribution >= 4 is 0 Å². The lowest BCUT2D eigenvalue weighted by Crippen LogP contribution is -2.50. The van der Waals surface area contributed by atoms with Crippen molar-refractivity contribution in [1.82, 2.24) is 4.90 Å². The number of hydrogen-bond donors (Lipinski definition) is 0. The van der Waals surface area contributed by atoms with Crippen LogP contribution in [0.2, 0.25) is 0 Å². The first-order valence-electron chi connectivity index (χ1n) is 13.1. The Kier molecular flexibility index (Phi) is 12.4. The van der Waals surface area contributed by atoms with E-state index in [0.29, 0.717) is 5.41 Å². The van der Waals surface area contributed by atoms with E-state index in [4.69, 9.17) is 4.74 Å². The van der Waals surface area contributed by atoms with Gasteiger partial charge in [-0.2, -0.15) is 0 Å². The average molecular weight is 410 g/mol. The second-order valence-corrected chi connectivity index (χ2v) is 10.9. The Hall–Kier alpha value is -0.0800. The van der Waals surface area contributed by atoms with Gasteiger partial charge in [0, 0.05) is 6.61 Å². The summed E-state index contributed by atoms with van der Waals surface area (Å²) in [6, 6.07) is 0. The Labute approximate surface area is 184 Å². The molecule has 4 saturated heterocycles. The third-order valence-electron chi connectivity index (χ3n) is 7.91. The largest absolute Gasteiger partial charge is 0.381 e. The lowest BCUT2D eigenvalue weighted by molar-refractivity contribution is -0.111. The molecule has 0 aromatic carbocycles. The standard InChI is InChI=1S/C11H20O.C10H19N.2C3H8/c1-9(2)10-4-7-12-8-11(10)5-3-6-11;1-9(2)10-3-6-11(7-4-10)8-5-10;2*1-3-2/h9-10H,3-8H2,1-2H3;9H,3-8H2,1-2H3;2*3H2,1-2H3. The van der Waals surface area contributed by atoms with Crippen LogP contribution in [0.4, 0.5) is 0 Å². The van der Waals surface area contributed by atoms with E-state index in [1.165, 1.54) is 77.4 Å². The van der Waals surface area contributed by atoms with Crippen LogP contribution in [-0.4, -0.2) is 37.7 Å². The maximum Gasteiger partial charge on any atom is 0.0525 e. The summed E-state index contributed by atoms with van der Waals surface area (Å²) in [5, 5.41) is 0. The van der Waals surface area contributed by atoms with E-state index in [9.17, 15) is 0 Å². The van der Waals surface area contributed by atoms with Gasteiger partial charge in [-0.05, 0) is 86.7 Å². The van der Waals surface area contributed by atoms with Crippen molar-refractivity contribution in [2.24, 2.45) is 28.6 Å². The highest BCUT2D eigenvalue weighted by Crippen LogP contribution is 2.53. The van der Waals surface area contributed by atoms with E-state index in [0.717, 1.165) is 36.4 Å². The Morgan fingerprint density at radius 2 is 1.31 bits per heavy atom. The van der Waals surface area contributed by atoms with Crippen molar-refractivity contribution in [3.63, 3.8) is 0 Å². The Morgan fingerprint density at radius 1 is 0.828 bits per heavy atom. The fourth-order valence-electron chi connectivity index (χ4n) is 5.80. The molecule has 5 aliphatic rings. The number of fused-ring (bicyclic) bond motifs is 3. The van der Waals surface area contributed by atoms with Crippen molar-refractivity contribution < 1.29 is 4.74 Å². The van der Waals surface area contributed by atoms with E-state index >= 15 is 0 Å². The third kappa shape index (κ3) is 7.53. The normalized spacial score (nSPS) is 31.7. The van der Waals surface area contributed by atoms with Crippen molar-refractivity contribution in [3.8, 4) is 0 Å². The van der Waals surface area contributed by atoms with Crippen molar-refractivity contribution in [1.29, 1.82) is 0 Å². The maximum absolute atomic E-state index is 5.61. The van der Waals surface area contributed by atoms with Crippen LogP contribution >= 0.6 is 0 Å². The zero-order valence-corrected chi connectivity index (χ0v) is 21.5. The Bertz CT molecular complexity index is 389. The summed E-state index contributed by atoms with van der Waals surface area (Å²) < 4.78 is 5.61. The number of ether oxygens (including phenoxy) is 1. The highest BCUT2D eigenvalue weighted by atomic mass is 16.5. The number of nitrogens with zero attached hydrogens (tertiary/aromatic N) is 1. The van der Waals surface area contributed by atoms with Crippen LogP contribution in [0.1, 0.15) is 113 Å². The van der Waals surface area contributed by atoms with Crippen LogP contribution in [0.25, 0.3) is 0 Å². The van der Waals surface area contributed by atoms with E-state index in [-0.39, 0.29) is 0 Å². The quantitative estimate of drug-likeness (QED) is 0.461. The minimum Gasteiger partial charge on any atom is -0.381 e. The van der Waals surface area contributed by atoms with Gasteiger partial charge in [0.2, 0.25) is 0 Å². The first-order valence-corrected chi connectivity index (χ1v) is 13.1. The Morgan fingerprint density at radius 3 is 1.59 bits per heavy atom. The van der Waals surface area contributed by atoms with Crippen LogP contribution < -0.4 is 0 Å². The molecule has 174 valence electrons. The van der Waals surface area contributed by atoms with Gasteiger partial charge < -0.3 is 9.64 Å². The molecule has 1 unspecified atom stereocenters.